The van der Waals surface area contributed by atoms with E-state index in [1.807, 2.05) is 25.8 Å². The molecule has 0 bridgehead atoms. The van der Waals surface area contributed by atoms with Gasteiger partial charge in [0.15, 0.2) is 5.96 Å². The minimum Gasteiger partial charge on any atom is -0.377 e. The van der Waals surface area contributed by atoms with Gasteiger partial charge in [-0.15, -0.1) is 0 Å². The van der Waals surface area contributed by atoms with E-state index in [9.17, 15) is 0 Å². The van der Waals surface area contributed by atoms with Gasteiger partial charge >= 0.3 is 0 Å². The average molecular weight is 215 g/mol. The van der Waals surface area contributed by atoms with E-state index in [0.717, 1.165) is 13.1 Å². The molecule has 0 radical (unpaired) electrons. The Morgan fingerprint density at radius 2 is 1.93 bits per heavy atom. The fraction of sp³-hybridized carbons (Fsp3) is 0.909. The van der Waals surface area contributed by atoms with Gasteiger partial charge in [0.05, 0.1) is 12.7 Å². The summed E-state index contributed by atoms with van der Waals surface area (Å²) in [7, 11) is 1.93. The molecule has 0 aromatic carbocycles. The number of rotatable bonds is 6. The lowest BCUT2D eigenvalue weighted by molar-refractivity contribution is 0.0723. The van der Waals surface area contributed by atoms with Crippen molar-refractivity contribution < 1.29 is 4.74 Å². The van der Waals surface area contributed by atoms with Gasteiger partial charge in [0.1, 0.15) is 0 Å². The van der Waals surface area contributed by atoms with Crippen LogP contribution in [0.2, 0.25) is 0 Å². The van der Waals surface area contributed by atoms with Crippen molar-refractivity contribution in [2.75, 3.05) is 26.7 Å². The normalized spacial score (nSPS) is 12.6. The minimum absolute atomic E-state index is 0.271. The molecule has 0 atom stereocenters. The fourth-order valence-electron chi connectivity index (χ4n) is 0.937. The van der Waals surface area contributed by atoms with Crippen molar-refractivity contribution >= 4 is 5.96 Å². The molecule has 4 heteroatoms. The first kappa shape index (κ1) is 14.2. The number of ether oxygens (including phenoxy) is 1. The van der Waals surface area contributed by atoms with E-state index in [-0.39, 0.29) is 6.10 Å². The second kappa shape index (κ2) is 7.51. The fourth-order valence-corrected chi connectivity index (χ4v) is 0.937. The monoisotopic (exact) mass is 215 g/mol. The number of nitrogens with zero attached hydrogens (tertiary/aromatic N) is 2. The second-order valence-corrected chi connectivity index (χ2v) is 4.43. The third kappa shape index (κ3) is 8.24. The lowest BCUT2D eigenvalue weighted by Gasteiger charge is -2.19. The third-order valence-electron chi connectivity index (χ3n) is 1.89. The number of hydrogen-bond acceptors (Lipinski definition) is 2. The van der Waals surface area contributed by atoms with E-state index in [2.05, 4.69) is 18.8 Å². The van der Waals surface area contributed by atoms with Gasteiger partial charge in [-0.05, 0) is 19.8 Å². The molecule has 0 fully saturated rings. The number of nitrogens with two attached hydrogens (primary N) is 1. The molecule has 0 amide bonds. The van der Waals surface area contributed by atoms with E-state index >= 15 is 0 Å². The molecule has 0 aliphatic heterocycles. The van der Waals surface area contributed by atoms with Crippen molar-refractivity contribution in [2.24, 2.45) is 16.6 Å². The Hall–Kier alpha value is -0.770. The summed E-state index contributed by atoms with van der Waals surface area (Å²) in [6.07, 6.45) is 0.271. The third-order valence-corrected chi connectivity index (χ3v) is 1.89. The van der Waals surface area contributed by atoms with E-state index in [1.165, 1.54) is 0 Å². The predicted molar refractivity (Wildman–Crippen MR) is 65.0 cm³/mol. The largest absolute Gasteiger partial charge is 0.377 e. The van der Waals surface area contributed by atoms with Crippen molar-refractivity contribution in [3.05, 3.63) is 0 Å². The number of guanidine groups is 1. The molecule has 0 aliphatic carbocycles. The molecule has 0 aromatic rings. The van der Waals surface area contributed by atoms with Crippen LogP contribution >= 0.6 is 0 Å². The SMILES string of the molecule is CC(C)CN=C(N)N(C)CCOC(C)C. The van der Waals surface area contributed by atoms with Gasteiger partial charge < -0.3 is 15.4 Å². The van der Waals surface area contributed by atoms with Gasteiger partial charge in [-0.25, -0.2) is 0 Å². The molecule has 0 saturated carbocycles. The van der Waals surface area contributed by atoms with Crippen LogP contribution in [0.5, 0.6) is 0 Å². The maximum atomic E-state index is 5.80. The molecule has 90 valence electrons. The number of aliphatic imine (C=N–C) groups is 1. The van der Waals surface area contributed by atoms with Crippen molar-refractivity contribution in [1.82, 2.24) is 4.90 Å². The zero-order valence-corrected chi connectivity index (χ0v) is 10.7. The molecular weight excluding hydrogens is 190 g/mol. The van der Waals surface area contributed by atoms with Crippen molar-refractivity contribution in [2.45, 2.75) is 33.8 Å². The molecule has 0 unspecified atom stereocenters. The highest BCUT2D eigenvalue weighted by Crippen LogP contribution is 1.93. The Bertz CT molecular complexity index is 190. The van der Waals surface area contributed by atoms with Gasteiger partial charge in [-0.1, -0.05) is 13.8 Å². The smallest absolute Gasteiger partial charge is 0.191 e. The van der Waals surface area contributed by atoms with Crippen LogP contribution in [0.15, 0.2) is 4.99 Å². The Labute approximate surface area is 93.5 Å². The summed E-state index contributed by atoms with van der Waals surface area (Å²) < 4.78 is 5.44. The average Bonchev–Trinajstić information content (AvgIpc) is 2.13. The van der Waals surface area contributed by atoms with E-state index in [0.29, 0.717) is 18.5 Å². The summed E-state index contributed by atoms with van der Waals surface area (Å²) in [5, 5.41) is 0. The molecule has 0 saturated heterocycles. The zero-order valence-electron chi connectivity index (χ0n) is 10.7. The standard InChI is InChI=1S/C11H25N3O/c1-9(2)8-13-11(12)14(5)6-7-15-10(3)4/h9-10H,6-8H2,1-5H3,(H2,12,13). The van der Waals surface area contributed by atoms with Crippen molar-refractivity contribution in [1.29, 1.82) is 0 Å². The van der Waals surface area contributed by atoms with Crippen LogP contribution in [0.3, 0.4) is 0 Å². The maximum Gasteiger partial charge on any atom is 0.191 e. The van der Waals surface area contributed by atoms with Gasteiger partial charge in [-0.2, -0.15) is 0 Å². The van der Waals surface area contributed by atoms with Crippen molar-refractivity contribution in [3.63, 3.8) is 0 Å². The van der Waals surface area contributed by atoms with Gasteiger partial charge in [-0.3, -0.25) is 4.99 Å². The van der Waals surface area contributed by atoms with Crippen LogP contribution in [0.4, 0.5) is 0 Å². The molecule has 4 nitrogen and oxygen atoms in total. The van der Waals surface area contributed by atoms with Crippen LogP contribution in [-0.4, -0.2) is 43.7 Å². The van der Waals surface area contributed by atoms with Crippen LogP contribution in [-0.2, 0) is 4.74 Å². The minimum atomic E-state index is 0.271. The first-order valence-corrected chi connectivity index (χ1v) is 5.56. The Morgan fingerprint density at radius 1 is 1.33 bits per heavy atom. The highest BCUT2D eigenvalue weighted by atomic mass is 16.5. The molecule has 15 heavy (non-hydrogen) atoms. The van der Waals surface area contributed by atoms with Crippen LogP contribution in [0, 0.1) is 5.92 Å². The first-order valence-electron chi connectivity index (χ1n) is 5.56. The Morgan fingerprint density at radius 3 is 2.40 bits per heavy atom. The van der Waals surface area contributed by atoms with Crippen LogP contribution in [0.25, 0.3) is 0 Å². The van der Waals surface area contributed by atoms with Crippen molar-refractivity contribution in [3.8, 4) is 0 Å². The Balaban J connectivity index is 3.77. The number of hydrogen-bond donors (Lipinski definition) is 1. The van der Waals surface area contributed by atoms with Gasteiger partial charge in [0, 0.05) is 20.1 Å². The molecule has 0 rings (SSSR count). The second-order valence-electron chi connectivity index (χ2n) is 4.43. The lowest BCUT2D eigenvalue weighted by atomic mass is 10.2. The van der Waals surface area contributed by atoms with E-state index in [1.54, 1.807) is 0 Å². The summed E-state index contributed by atoms with van der Waals surface area (Å²) >= 11 is 0. The first-order chi connectivity index (χ1) is 6.93. The van der Waals surface area contributed by atoms with E-state index in [4.69, 9.17) is 10.5 Å². The summed E-state index contributed by atoms with van der Waals surface area (Å²) in [5.41, 5.74) is 5.80. The summed E-state index contributed by atoms with van der Waals surface area (Å²) in [6.45, 7) is 10.5. The lowest BCUT2D eigenvalue weighted by Crippen LogP contribution is -2.37. The maximum absolute atomic E-state index is 5.80. The predicted octanol–water partition coefficient (Wildman–Crippen LogP) is 1.31. The summed E-state index contributed by atoms with van der Waals surface area (Å²) in [4.78, 5) is 6.21. The highest BCUT2D eigenvalue weighted by Gasteiger charge is 2.02. The van der Waals surface area contributed by atoms with Gasteiger partial charge in [0.2, 0.25) is 0 Å². The number of likely N-dealkylation sites (N-methyl/N-ethyl adjacent to an activating group) is 1. The molecule has 2 N–H and O–H groups in total. The quantitative estimate of drug-likeness (QED) is 0.537. The molecular formula is C11H25N3O. The Kier molecular flexibility index (Phi) is 7.13. The topological polar surface area (TPSA) is 50.8 Å². The molecule has 0 heterocycles. The molecule has 0 aromatic heterocycles. The summed E-state index contributed by atoms with van der Waals surface area (Å²) in [6, 6.07) is 0. The molecule has 0 aliphatic rings. The zero-order chi connectivity index (χ0) is 11.8. The molecule has 0 spiro atoms. The van der Waals surface area contributed by atoms with E-state index < -0.39 is 0 Å². The van der Waals surface area contributed by atoms with Gasteiger partial charge in [0.25, 0.3) is 0 Å². The summed E-state index contributed by atoms with van der Waals surface area (Å²) in [5.74, 6) is 1.14. The highest BCUT2D eigenvalue weighted by molar-refractivity contribution is 5.77. The van der Waals surface area contributed by atoms with Crippen LogP contribution < -0.4 is 5.73 Å². The van der Waals surface area contributed by atoms with Crippen LogP contribution in [0.1, 0.15) is 27.7 Å².